The Hall–Kier alpha value is -1.98. The Morgan fingerprint density at radius 2 is 2.36 bits per heavy atom. The molecule has 0 radical (unpaired) electrons. The average molecular weight is 196 g/mol. The molecule has 0 amide bonds. The second kappa shape index (κ2) is 3.82. The number of rotatable bonds is 3. The lowest BCUT2D eigenvalue weighted by molar-refractivity contribution is -0.389. The van der Waals surface area contributed by atoms with Gasteiger partial charge in [-0.3, -0.25) is 4.79 Å². The molecule has 0 aliphatic rings. The maximum absolute atomic E-state index is 10.4. The molecule has 74 valence electrons. The van der Waals surface area contributed by atoms with Gasteiger partial charge in [-0.05, 0) is 28.0 Å². The molecule has 0 unspecified atom stereocenters. The molecule has 0 aliphatic carbocycles. The Morgan fingerprint density at radius 3 is 2.86 bits per heavy atom. The van der Waals surface area contributed by atoms with Gasteiger partial charge in [-0.15, -0.1) is 0 Å². The number of aromatic nitrogens is 1. The summed E-state index contributed by atoms with van der Waals surface area (Å²) in [6.45, 7) is 1.66. The molecule has 1 aromatic heterocycles. The molecule has 14 heavy (non-hydrogen) atoms. The number of nitro groups is 1. The minimum absolute atomic E-state index is 0.227. The largest absolute Gasteiger partial charge is 0.481 e. The average Bonchev–Trinajstić information content (AvgIpc) is 2.07. The Bertz CT molecular complexity index is 389. The van der Waals surface area contributed by atoms with E-state index in [0.29, 0.717) is 11.1 Å². The predicted octanol–water partition coefficient (Wildman–Crippen LogP) is 0.925. The molecule has 0 aliphatic heterocycles. The molecule has 0 atom stereocenters. The number of carboxylic acids is 1. The summed E-state index contributed by atoms with van der Waals surface area (Å²) < 4.78 is 0. The quantitative estimate of drug-likeness (QED) is 0.573. The first kappa shape index (κ1) is 10.1. The third-order valence-electron chi connectivity index (χ3n) is 1.73. The highest BCUT2D eigenvalue weighted by atomic mass is 16.6. The summed E-state index contributed by atoms with van der Waals surface area (Å²) in [7, 11) is 0. The zero-order chi connectivity index (χ0) is 10.7. The Kier molecular flexibility index (Phi) is 2.76. The van der Waals surface area contributed by atoms with E-state index in [1.165, 1.54) is 12.3 Å². The van der Waals surface area contributed by atoms with E-state index in [1.807, 2.05) is 0 Å². The maximum Gasteiger partial charge on any atom is 0.363 e. The standard InChI is InChI=1S/C8H8N2O4/c1-5-4-9-7(10(13)14)2-6(5)3-8(11)12/h2,4H,3H2,1H3,(H,11,12). The van der Waals surface area contributed by atoms with Gasteiger partial charge in [0.1, 0.15) is 6.20 Å². The van der Waals surface area contributed by atoms with Crippen molar-refractivity contribution in [2.24, 2.45) is 0 Å². The number of hydrogen-bond acceptors (Lipinski definition) is 4. The first-order chi connectivity index (χ1) is 6.50. The summed E-state index contributed by atoms with van der Waals surface area (Å²) in [5.74, 6) is -1.35. The van der Waals surface area contributed by atoms with Crippen LogP contribution in [0, 0.1) is 17.0 Å². The van der Waals surface area contributed by atoms with E-state index in [-0.39, 0.29) is 12.2 Å². The second-order valence-electron chi connectivity index (χ2n) is 2.80. The van der Waals surface area contributed by atoms with Crippen molar-refractivity contribution in [3.05, 3.63) is 33.5 Å². The van der Waals surface area contributed by atoms with Crippen LogP contribution in [0.1, 0.15) is 11.1 Å². The van der Waals surface area contributed by atoms with Crippen molar-refractivity contribution in [2.45, 2.75) is 13.3 Å². The van der Waals surface area contributed by atoms with Crippen LogP contribution in [-0.4, -0.2) is 21.0 Å². The third kappa shape index (κ3) is 2.25. The molecule has 6 nitrogen and oxygen atoms in total. The van der Waals surface area contributed by atoms with Crippen LogP contribution >= 0.6 is 0 Å². The normalized spacial score (nSPS) is 9.79. The van der Waals surface area contributed by atoms with Gasteiger partial charge >= 0.3 is 11.8 Å². The highest BCUT2D eigenvalue weighted by molar-refractivity contribution is 5.70. The first-order valence-electron chi connectivity index (χ1n) is 3.82. The maximum atomic E-state index is 10.4. The van der Waals surface area contributed by atoms with Crippen molar-refractivity contribution in [1.82, 2.24) is 4.98 Å². The van der Waals surface area contributed by atoms with Gasteiger partial charge in [0.05, 0.1) is 6.42 Å². The summed E-state index contributed by atoms with van der Waals surface area (Å²) in [5.41, 5.74) is 1.05. The van der Waals surface area contributed by atoms with Gasteiger partial charge in [0.2, 0.25) is 0 Å². The predicted molar refractivity (Wildman–Crippen MR) is 47.0 cm³/mol. The summed E-state index contributed by atoms with van der Waals surface area (Å²) in [6.07, 6.45) is 1.07. The van der Waals surface area contributed by atoms with Gasteiger partial charge in [0, 0.05) is 6.07 Å². The molecule has 1 heterocycles. The van der Waals surface area contributed by atoms with E-state index in [2.05, 4.69) is 4.98 Å². The van der Waals surface area contributed by atoms with Crippen molar-refractivity contribution < 1.29 is 14.8 Å². The van der Waals surface area contributed by atoms with Crippen molar-refractivity contribution >= 4 is 11.8 Å². The van der Waals surface area contributed by atoms with Gasteiger partial charge in [-0.1, -0.05) is 0 Å². The van der Waals surface area contributed by atoms with E-state index in [0.717, 1.165) is 0 Å². The van der Waals surface area contributed by atoms with Crippen molar-refractivity contribution in [1.29, 1.82) is 0 Å². The molecular formula is C8H8N2O4. The van der Waals surface area contributed by atoms with E-state index in [1.54, 1.807) is 6.92 Å². The number of nitrogens with zero attached hydrogens (tertiary/aromatic N) is 2. The minimum atomic E-state index is -1.02. The number of pyridine rings is 1. The third-order valence-corrected chi connectivity index (χ3v) is 1.73. The number of aryl methyl sites for hydroxylation is 1. The van der Waals surface area contributed by atoms with Gasteiger partial charge in [0.15, 0.2) is 0 Å². The van der Waals surface area contributed by atoms with E-state index in [9.17, 15) is 14.9 Å². The number of carboxylic acid groups (broad SMARTS) is 1. The zero-order valence-corrected chi connectivity index (χ0v) is 7.43. The number of hydrogen-bond donors (Lipinski definition) is 1. The van der Waals surface area contributed by atoms with E-state index in [4.69, 9.17) is 5.11 Å². The van der Waals surface area contributed by atoms with Gasteiger partial charge < -0.3 is 15.2 Å². The fourth-order valence-corrected chi connectivity index (χ4v) is 1.01. The van der Waals surface area contributed by atoms with Crippen molar-refractivity contribution in [3.63, 3.8) is 0 Å². The molecule has 6 heteroatoms. The van der Waals surface area contributed by atoms with Crippen LogP contribution in [0.2, 0.25) is 0 Å². The molecule has 0 spiro atoms. The summed E-state index contributed by atoms with van der Waals surface area (Å²) in [4.78, 5) is 23.7. The second-order valence-corrected chi connectivity index (χ2v) is 2.80. The van der Waals surface area contributed by atoms with Gasteiger partial charge in [-0.2, -0.15) is 0 Å². The molecule has 1 aromatic rings. The summed E-state index contributed by atoms with van der Waals surface area (Å²) >= 11 is 0. The lowest BCUT2D eigenvalue weighted by atomic mass is 10.1. The molecule has 1 N–H and O–H groups in total. The van der Waals surface area contributed by atoms with Crippen LogP contribution in [0.5, 0.6) is 0 Å². The van der Waals surface area contributed by atoms with Crippen LogP contribution in [0.15, 0.2) is 12.3 Å². The van der Waals surface area contributed by atoms with Crippen LogP contribution in [0.25, 0.3) is 0 Å². The fraction of sp³-hybridized carbons (Fsp3) is 0.250. The first-order valence-corrected chi connectivity index (χ1v) is 3.82. The monoisotopic (exact) mass is 196 g/mol. The molecule has 1 rings (SSSR count). The number of aliphatic carboxylic acids is 1. The smallest absolute Gasteiger partial charge is 0.363 e. The van der Waals surface area contributed by atoms with Gasteiger partial charge in [0.25, 0.3) is 0 Å². The van der Waals surface area contributed by atoms with Gasteiger partial charge in [-0.25, -0.2) is 0 Å². The molecule has 0 fully saturated rings. The molecule has 0 aromatic carbocycles. The fourth-order valence-electron chi connectivity index (χ4n) is 1.01. The SMILES string of the molecule is Cc1cnc([N+](=O)[O-])cc1CC(=O)O. The Morgan fingerprint density at radius 1 is 1.71 bits per heavy atom. The van der Waals surface area contributed by atoms with Crippen molar-refractivity contribution in [3.8, 4) is 0 Å². The Balaban J connectivity index is 3.08. The molecule has 0 saturated carbocycles. The van der Waals surface area contributed by atoms with E-state index >= 15 is 0 Å². The van der Waals surface area contributed by atoms with Crippen molar-refractivity contribution in [2.75, 3.05) is 0 Å². The lowest BCUT2D eigenvalue weighted by Crippen LogP contribution is -2.03. The Labute approximate surface area is 79.4 Å². The summed E-state index contributed by atoms with van der Waals surface area (Å²) in [5, 5.41) is 18.9. The zero-order valence-electron chi connectivity index (χ0n) is 7.43. The molecular weight excluding hydrogens is 188 g/mol. The minimum Gasteiger partial charge on any atom is -0.481 e. The summed E-state index contributed by atoms with van der Waals surface area (Å²) in [6, 6.07) is 1.18. The van der Waals surface area contributed by atoms with Crippen LogP contribution < -0.4 is 0 Å². The van der Waals surface area contributed by atoms with Crippen LogP contribution in [0.3, 0.4) is 0 Å². The molecule has 0 saturated heterocycles. The van der Waals surface area contributed by atoms with E-state index < -0.39 is 10.9 Å². The highest BCUT2D eigenvalue weighted by Crippen LogP contribution is 2.14. The lowest BCUT2D eigenvalue weighted by Gasteiger charge is -2.00. The van der Waals surface area contributed by atoms with Crippen LogP contribution in [0.4, 0.5) is 5.82 Å². The van der Waals surface area contributed by atoms with Crippen LogP contribution in [-0.2, 0) is 11.2 Å². The molecule has 0 bridgehead atoms. The highest BCUT2D eigenvalue weighted by Gasteiger charge is 2.12. The topological polar surface area (TPSA) is 93.3 Å². The number of carbonyl (C=O) groups is 1.